The maximum atomic E-state index is 5.92. The molecule has 0 radical (unpaired) electrons. The van der Waals surface area contributed by atoms with Gasteiger partial charge in [-0.3, -0.25) is 10.1 Å². The van der Waals surface area contributed by atoms with E-state index >= 15 is 0 Å². The summed E-state index contributed by atoms with van der Waals surface area (Å²) in [6, 6.07) is 13.8. The maximum Gasteiger partial charge on any atom is 0.123 e. The van der Waals surface area contributed by atoms with Gasteiger partial charge in [0.15, 0.2) is 0 Å². The van der Waals surface area contributed by atoms with Crippen LogP contribution in [0.4, 0.5) is 0 Å². The van der Waals surface area contributed by atoms with E-state index in [1.54, 1.807) is 6.20 Å². The topological polar surface area (TPSA) is 60.0 Å². The molecule has 0 fully saturated rings. The molecule has 1 aromatic carbocycles. The molecule has 142 valence electrons. The van der Waals surface area contributed by atoms with Gasteiger partial charge in [0.05, 0.1) is 30.3 Å². The molecule has 5 heteroatoms. The highest BCUT2D eigenvalue weighted by atomic mass is 16.5. The number of rotatable bonds is 10. The van der Waals surface area contributed by atoms with E-state index in [0.29, 0.717) is 13.2 Å². The summed E-state index contributed by atoms with van der Waals surface area (Å²) < 4.78 is 11.8. The molecule has 1 N–H and O–H groups in total. The van der Waals surface area contributed by atoms with Gasteiger partial charge in [-0.15, -0.1) is 0 Å². The number of ether oxygens (including phenoxy) is 2. The zero-order chi connectivity index (χ0) is 18.9. The average Bonchev–Trinajstić information content (AvgIpc) is 3.19. The van der Waals surface area contributed by atoms with Crippen molar-refractivity contribution in [2.45, 2.75) is 39.5 Å². The molecule has 0 aliphatic carbocycles. The molecule has 0 unspecified atom stereocenters. The Morgan fingerprint density at radius 1 is 0.852 bits per heavy atom. The highest BCUT2D eigenvalue weighted by molar-refractivity contribution is 5.68. The van der Waals surface area contributed by atoms with Crippen LogP contribution in [0.2, 0.25) is 0 Å². The lowest BCUT2D eigenvalue weighted by Crippen LogP contribution is -2.00. The summed E-state index contributed by atoms with van der Waals surface area (Å²) in [5.41, 5.74) is 3.56. The first-order valence-electron chi connectivity index (χ1n) is 9.68. The van der Waals surface area contributed by atoms with Gasteiger partial charge < -0.3 is 9.47 Å². The van der Waals surface area contributed by atoms with Gasteiger partial charge in [-0.2, -0.15) is 5.10 Å². The van der Waals surface area contributed by atoms with Crippen molar-refractivity contribution in [2.75, 3.05) is 13.2 Å². The van der Waals surface area contributed by atoms with E-state index in [2.05, 4.69) is 29.0 Å². The van der Waals surface area contributed by atoms with Crippen LogP contribution in [-0.2, 0) is 0 Å². The number of aromatic amines is 1. The average molecular weight is 365 g/mol. The molecule has 3 rings (SSSR count). The molecule has 3 aromatic rings. The summed E-state index contributed by atoms with van der Waals surface area (Å²) in [5, 5.41) is 7.53. The van der Waals surface area contributed by atoms with Crippen molar-refractivity contribution >= 4 is 0 Å². The summed E-state index contributed by atoms with van der Waals surface area (Å²) in [7, 11) is 0. The van der Waals surface area contributed by atoms with Crippen LogP contribution in [-0.4, -0.2) is 28.4 Å². The Balaban J connectivity index is 1.85. The van der Waals surface area contributed by atoms with E-state index in [0.717, 1.165) is 59.8 Å². The van der Waals surface area contributed by atoms with Gasteiger partial charge in [0, 0.05) is 17.8 Å². The summed E-state index contributed by atoms with van der Waals surface area (Å²) in [6.07, 6.45) is 6.04. The lowest BCUT2D eigenvalue weighted by Gasteiger charge is -2.11. The molecular weight excluding hydrogens is 338 g/mol. The van der Waals surface area contributed by atoms with Crippen LogP contribution in [0.15, 0.2) is 48.7 Å². The molecule has 5 nitrogen and oxygen atoms in total. The van der Waals surface area contributed by atoms with E-state index in [-0.39, 0.29) is 0 Å². The molecule has 0 amide bonds. The van der Waals surface area contributed by atoms with Gasteiger partial charge in [-0.05, 0) is 43.2 Å². The number of hydrogen-bond acceptors (Lipinski definition) is 4. The van der Waals surface area contributed by atoms with Crippen LogP contribution in [0.25, 0.3) is 22.6 Å². The largest absolute Gasteiger partial charge is 0.493 e. The van der Waals surface area contributed by atoms with Crippen LogP contribution < -0.4 is 9.47 Å². The highest BCUT2D eigenvalue weighted by Crippen LogP contribution is 2.31. The van der Waals surface area contributed by atoms with E-state index in [1.807, 2.05) is 42.5 Å². The molecule has 2 heterocycles. The number of unbranched alkanes of at least 4 members (excludes halogenated alkanes) is 2. The number of H-pyrrole nitrogens is 1. The van der Waals surface area contributed by atoms with Gasteiger partial charge in [0.1, 0.15) is 11.5 Å². The molecule has 0 atom stereocenters. The highest BCUT2D eigenvalue weighted by Gasteiger charge is 2.10. The third-order valence-electron chi connectivity index (χ3n) is 4.23. The Labute approximate surface area is 160 Å². The number of pyridine rings is 1. The summed E-state index contributed by atoms with van der Waals surface area (Å²) in [5.74, 6) is 1.63. The third kappa shape index (κ3) is 5.33. The van der Waals surface area contributed by atoms with Crippen molar-refractivity contribution in [3.8, 4) is 34.1 Å². The summed E-state index contributed by atoms with van der Waals surface area (Å²) >= 11 is 0. The number of nitrogens with one attached hydrogen (secondary N) is 1. The first kappa shape index (κ1) is 19.0. The lowest BCUT2D eigenvalue weighted by atomic mass is 10.1. The SMILES string of the molecule is CCCCOc1cc(OCCCC)cc(-c2cc(-c3ccccn3)[nH]n2)c1. The second kappa shape index (κ2) is 9.76. The van der Waals surface area contributed by atoms with E-state index < -0.39 is 0 Å². The van der Waals surface area contributed by atoms with E-state index in [4.69, 9.17) is 9.47 Å². The second-order valence-electron chi connectivity index (χ2n) is 6.48. The first-order valence-corrected chi connectivity index (χ1v) is 9.68. The quantitative estimate of drug-likeness (QED) is 0.482. The second-order valence-corrected chi connectivity index (χ2v) is 6.48. The Morgan fingerprint density at radius 2 is 1.56 bits per heavy atom. The molecule has 0 spiro atoms. The van der Waals surface area contributed by atoms with Crippen LogP contribution in [0.3, 0.4) is 0 Å². The predicted molar refractivity (Wildman–Crippen MR) is 108 cm³/mol. The fraction of sp³-hybridized carbons (Fsp3) is 0.364. The van der Waals surface area contributed by atoms with Gasteiger partial charge in [-0.25, -0.2) is 0 Å². The predicted octanol–water partition coefficient (Wildman–Crippen LogP) is 5.50. The number of hydrogen-bond donors (Lipinski definition) is 1. The first-order chi connectivity index (χ1) is 13.3. The van der Waals surface area contributed by atoms with E-state index in [9.17, 15) is 0 Å². The van der Waals surface area contributed by atoms with Crippen molar-refractivity contribution in [1.29, 1.82) is 0 Å². The van der Waals surface area contributed by atoms with Gasteiger partial charge in [-0.1, -0.05) is 32.8 Å². The molecule has 2 aromatic heterocycles. The Kier molecular flexibility index (Phi) is 6.85. The maximum absolute atomic E-state index is 5.92. The fourth-order valence-electron chi connectivity index (χ4n) is 2.68. The zero-order valence-corrected chi connectivity index (χ0v) is 16.1. The molecule has 0 saturated heterocycles. The van der Waals surface area contributed by atoms with Gasteiger partial charge >= 0.3 is 0 Å². The van der Waals surface area contributed by atoms with Crippen LogP contribution in [0.1, 0.15) is 39.5 Å². The van der Waals surface area contributed by atoms with Crippen molar-refractivity contribution < 1.29 is 9.47 Å². The minimum Gasteiger partial charge on any atom is -0.493 e. The molecule has 0 aliphatic heterocycles. The zero-order valence-electron chi connectivity index (χ0n) is 16.1. The number of benzene rings is 1. The minimum absolute atomic E-state index is 0.702. The van der Waals surface area contributed by atoms with E-state index in [1.165, 1.54) is 0 Å². The lowest BCUT2D eigenvalue weighted by molar-refractivity contribution is 0.294. The Morgan fingerprint density at radius 3 is 2.15 bits per heavy atom. The van der Waals surface area contributed by atoms with Crippen LogP contribution >= 0.6 is 0 Å². The van der Waals surface area contributed by atoms with Crippen LogP contribution in [0, 0.1) is 0 Å². The van der Waals surface area contributed by atoms with Crippen molar-refractivity contribution in [3.63, 3.8) is 0 Å². The monoisotopic (exact) mass is 365 g/mol. The molecule has 0 aliphatic rings. The summed E-state index contributed by atoms with van der Waals surface area (Å²) in [6.45, 7) is 5.71. The Bertz CT molecular complexity index is 802. The van der Waals surface area contributed by atoms with Crippen LogP contribution in [0.5, 0.6) is 11.5 Å². The normalized spacial score (nSPS) is 10.7. The molecule has 27 heavy (non-hydrogen) atoms. The summed E-state index contributed by atoms with van der Waals surface area (Å²) in [4.78, 5) is 4.37. The number of aromatic nitrogens is 3. The van der Waals surface area contributed by atoms with Crippen molar-refractivity contribution in [3.05, 3.63) is 48.7 Å². The third-order valence-corrected chi connectivity index (χ3v) is 4.23. The smallest absolute Gasteiger partial charge is 0.123 e. The molecule has 0 bridgehead atoms. The standard InChI is InChI=1S/C22H27N3O2/c1-3-5-11-26-18-13-17(14-19(15-18)27-12-6-4-2)21-16-22(25-24-21)20-9-7-8-10-23-20/h7-10,13-16H,3-6,11-12H2,1-2H3,(H,24,25). The van der Waals surface area contributed by atoms with Gasteiger partial charge in [0.2, 0.25) is 0 Å². The van der Waals surface area contributed by atoms with Gasteiger partial charge in [0.25, 0.3) is 0 Å². The molecular formula is C22H27N3O2. The minimum atomic E-state index is 0.702. The van der Waals surface area contributed by atoms with Crippen molar-refractivity contribution in [2.24, 2.45) is 0 Å². The Hall–Kier alpha value is -2.82. The fourth-order valence-corrected chi connectivity index (χ4v) is 2.68. The number of nitrogens with zero attached hydrogens (tertiary/aromatic N) is 2. The van der Waals surface area contributed by atoms with Crippen molar-refractivity contribution in [1.82, 2.24) is 15.2 Å². The molecule has 0 saturated carbocycles.